The number of likely N-dealkylation sites (N-methyl/N-ethyl adjacent to an activating group) is 1. The summed E-state index contributed by atoms with van der Waals surface area (Å²) in [7, 11) is 0. The number of nitrogens with zero attached hydrogens (tertiary/aromatic N) is 2. The summed E-state index contributed by atoms with van der Waals surface area (Å²) >= 11 is 1.80. The summed E-state index contributed by atoms with van der Waals surface area (Å²) < 4.78 is 0. The lowest BCUT2D eigenvalue weighted by Gasteiger charge is -2.31. The predicted molar refractivity (Wildman–Crippen MR) is 113 cm³/mol. The Labute approximate surface area is 162 Å². The Morgan fingerprint density at radius 3 is 2.54 bits per heavy atom. The zero-order valence-electron chi connectivity index (χ0n) is 16.4. The first-order valence-corrected chi connectivity index (χ1v) is 10.9. The topological polar surface area (TPSA) is 59.9 Å². The molecule has 0 radical (unpaired) electrons. The molecular weight excluding hydrogens is 344 g/mol. The number of benzene rings is 1. The molecule has 0 amide bonds. The summed E-state index contributed by atoms with van der Waals surface area (Å²) in [5, 5.41) is 17.3. The fourth-order valence-electron chi connectivity index (χ4n) is 3.28. The molecule has 0 spiro atoms. The van der Waals surface area contributed by atoms with Crippen molar-refractivity contribution in [2.45, 2.75) is 38.8 Å². The van der Waals surface area contributed by atoms with Gasteiger partial charge in [-0.1, -0.05) is 44.2 Å². The largest absolute Gasteiger partial charge is 0.387 e. The second-order valence-electron chi connectivity index (χ2n) is 6.75. The number of thioether (sulfide) groups is 1. The van der Waals surface area contributed by atoms with E-state index in [4.69, 9.17) is 0 Å². The molecule has 2 unspecified atom stereocenters. The molecule has 0 bridgehead atoms. The van der Waals surface area contributed by atoms with Gasteiger partial charge in [-0.05, 0) is 37.8 Å². The number of hydrogen-bond acceptors (Lipinski definition) is 4. The van der Waals surface area contributed by atoms with Crippen LogP contribution in [-0.2, 0) is 0 Å². The van der Waals surface area contributed by atoms with E-state index in [0.29, 0.717) is 12.6 Å². The maximum atomic E-state index is 10.5. The molecule has 3 N–H and O–H groups in total. The Hall–Kier alpha value is -1.24. The highest BCUT2D eigenvalue weighted by molar-refractivity contribution is 7.99. The van der Waals surface area contributed by atoms with Crippen molar-refractivity contribution in [2.24, 2.45) is 4.99 Å². The van der Waals surface area contributed by atoms with Gasteiger partial charge < -0.3 is 15.7 Å². The molecule has 1 aromatic carbocycles. The van der Waals surface area contributed by atoms with Crippen LogP contribution in [0.4, 0.5) is 0 Å². The quantitative estimate of drug-likeness (QED) is 0.455. The lowest BCUT2D eigenvalue weighted by Crippen LogP contribution is -2.44. The summed E-state index contributed by atoms with van der Waals surface area (Å²) in [6.45, 7) is 10.5. The van der Waals surface area contributed by atoms with Crippen LogP contribution in [0.5, 0.6) is 0 Å². The predicted octanol–water partition coefficient (Wildman–Crippen LogP) is 2.49. The molecule has 26 heavy (non-hydrogen) atoms. The molecule has 1 heterocycles. The van der Waals surface area contributed by atoms with Crippen LogP contribution in [0.3, 0.4) is 0 Å². The molecule has 1 aromatic rings. The second kappa shape index (κ2) is 10.8. The number of rotatable bonds is 9. The molecular formula is C20H34N4OS. The van der Waals surface area contributed by atoms with Gasteiger partial charge in [-0.25, -0.2) is 0 Å². The minimum Gasteiger partial charge on any atom is -0.387 e. The fraction of sp³-hybridized carbons (Fsp3) is 0.650. The maximum absolute atomic E-state index is 10.5. The van der Waals surface area contributed by atoms with Crippen molar-refractivity contribution in [3.63, 3.8) is 0 Å². The first-order valence-electron chi connectivity index (χ1n) is 9.73. The van der Waals surface area contributed by atoms with Crippen molar-refractivity contribution < 1.29 is 5.11 Å². The Morgan fingerprint density at radius 1 is 1.23 bits per heavy atom. The Balaban J connectivity index is 2.05. The van der Waals surface area contributed by atoms with Crippen LogP contribution in [0.2, 0.25) is 0 Å². The van der Waals surface area contributed by atoms with E-state index in [-0.39, 0.29) is 0 Å². The maximum Gasteiger partial charge on any atom is 0.191 e. The monoisotopic (exact) mass is 378 g/mol. The third kappa shape index (κ3) is 6.18. The van der Waals surface area contributed by atoms with Crippen molar-refractivity contribution >= 4 is 17.7 Å². The van der Waals surface area contributed by atoms with Crippen molar-refractivity contribution in [1.82, 2.24) is 15.5 Å². The van der Waals surface area contributed by atoms with Gasteiger partial charge in [-0.2, -0.15) is 11.8 Å². The van der Waals surface area contributed by atoms with Crippen LogP contribution in [-0.4, -0.2) is 65.8 Å². The molecule has 1 saturated heterocycles. The third-order valence-electron chi connectivity index (χ3n) is 4.86. The molecule has 2 rings (SSSR count). The van der Waals surface area contributed by atoms with Gasteiger partial charge in [0.25, 0.3) is 0 Å². The second-order valence-corrected chi connectivity index (χ2v) is 7.86. The summed E-state index contributed by atoms with van der Waals surface area (Å²) in [6, 6.07) is 10.9. The van der Waals surface area contributed by atoms with E-state index in [0.717, 1.165) is 50.1 Å². The van der Waals surface area contributed by atoms with Gasteiger partial charge in [-0.15, -0.1) is 0 Å². The van der Waals surface area contributed by atoms with Crippen molar-refractivity contribution in [3.05, 3.63) is 35.9 Å². The highest BCUT2D eigenvalue weighted by Crippen LogP contribution is 2.27. The van der Waals surface area contributed by atoms with E-state index in [1.165, 1.54) is 5.56 Å². The molecule has 0 aliphatic carbocycles. The SMILES string of the molecule is CCNC(=NCC1(O)CCSC1)NCC(c1ccccc1)N(CC)CC. The smallest absolute Gasteiger partial charge is 0.191 e. The van der Waals surface area contributed by atoms with Gasteiger partial charge in [0, 0.05) is 18.8 Å². The van der Waals surface area contributed by atoms with E-state index in [1.807, 2.05) is 0 Å². The summed E-state index contributed by atoms with van der Waals surface area (Å²) in [5.41, 5.74) is 0.662. The fourth-order valence-corrected chi connectivity index (χ4v) is 4.56. The molecule has 1 fully saturated rings. The van der Waals surface area contributed by atoms with Crippen LogP contribution < -0.4 is 10.6 Å². The molecule has 0 aromatic heterocycles. The van der Waals surface area contributed by atoms with Gasteiger partial charge >= 0.3 is 0 Å². The van der Waals surface area contributed by atoms with Crippen molar-refractivity contribution in [2.75, 3.05) is 44.2 Å². The van der Waals surface area contributed by atoms with Crippen LogP contribution in [0.25, 0.3) is 0 Å². The normalized spacial score (nSPS) is 21.8. The van der Waals surface area contributed by atoms with Crippen LogP contribution in [0, 0.1) is 0 Å². The molecule has 2 atom stereocenters. The molecule has 1 aliphatic rings. The highest BCUT2D eigenvalue weighted by atomic mass is 32.2. The first kappa shape index (κ1) is 21.1. The molecule has 146 valence electrons. The van der Waals surface area contributed by atoms with E-state index in [2.05, 4.69) is 71.6 Å². The van der Waals surface area contributed by atoms with E-state index in [1.54, 1.807) is 11.8 Å². The van der Waals surface area contributed by atoms with Crippen LogP contribution >= 0.6 is 11.8 Å². The molecule has 5 nitrogen and oxygen atoms in total. The number of aliphatic imine (C=N–C) groups is 1. The Bertz CT molecular complexity index is 542. The molecule has 6 heteroatoms. The van der Waals surface area contributed by atoms with E-state index >= 15 is 0 Å². The van der Waals surface area contributed by atoms with Crippen molar-refractivity contribution in [1.29, 1.82) is 0 Å². The molecule has 1 aliphatic heterocycles. The van der Waals surface area contributed by atoms with Gasteiger partial charge in [0.05, 0.1) is 18.2 Å². The summed E-state index contributed by atoms with van der Waals surface area (Å²) in [5.74, 6) is 2.58. The van der Waals surface area contributed by atoms with Gasteiger partial charge in [0.1, 0.15) is 0 Å². The first-order chi connectivity index (χ1) is 12.6. The standard InChI is InChI=1S/C20H34N4OS/c1-4-21-19(23-15-20(25)12-13-26-16-20)22-14-18(24(5-2)6-3)17-10-8-7-9-11-17/h7-11,18,25H,4-6,12-16H2,1-3H3,(H2,21,22,23). The van der Waals surface area contributed by atoms with Gasteiger partial charge in [0.15, 0.2) is 5.96 Å². The summed E-state index contributed by atoms with van der Waals surface area (Å²) in [4.78, 5) is 7.11. The Kier molecular flexibility index (Phi) is 8.75. The number of guanidine groups is 1. The molecule has 0 saturated carbocycles. The summed E-state index contributed by atoms with van der Waals surface area (Å²) in [6.07, 6.45) is 0.826. The minimum absolute atomic E-state index is 0.292. The average Bonchev–Trinajstić information content (AvgIpc) is 3.10. The Morgan fingerprint density at radius 2 is 1.96 bits per heavy atom. The average molecular weight is 379 g/mol. The number of nitrogens with one attached hydrogen (secondary N) is 2. The number of hydrogen-bond donors (Lipinski definition) is 3. The van der Waals surface area contributed by atoms with Crippen LogP contribution in [0.1, 0.15) is 38.8 Å². The lowest BCUT2D eigenvalue weighted by atomic mass is 10.0. The zero-order valence-corrected chi connectivity index (χ0v) is 17.2. The van der Waals surface area contributed by atoms with E-state index < -0.39 is 5.60 Å². The lowest BCUT2D eigenvalue weighted by molar-refractivity contribution is 0.0778. The third-order valence-corrected chi connectivity index (χ3v) is 6.09. The van der Waals surface area contributed by atoms with Gasteiger partial charge in [0.2, 0.25) is 0 Å². The van der Waals surface area contributed by atoms with Crippen molar-refractivity contribution in [3.8, 4) is 0 Å². The van der Waals surface area contributed by atoms with Crippen LogP contribution in [0.15, 0.2) is 35.3 Å². The van der Waals surface area contributed by atoms with Gasteiger partial charge in [-0.3, -0.25) is 9.89 Å². The highest BCUT2D eigenvalue weighted by Gasteiger charge is 2.31. The van der Waals surface area contributed by atoms with E-state index in [9.17, 15) is 5.11 Å². The zero-order chi connectivity index (χ0) is 18.8. The minimum atomic E-state index is -0.648. The number of aliphatic hydroxyl groups is 1.